The average Bonchev–Trinajstić information content (AvgIpc) is 2.89. The highest BCUT2D eigenvalue weighted by Crippen LogP contribution is 2.41. The number of carboxylic acid groups (broad SMARTS) is 1. The minimum atomic E-state index is -0.942. The number of nitrogens with zero attached hydrogens (tertiary/aromatic N) is 2. The second kappa shape index (κ2) is 4.59. The molecule has 4 rings (SSSR count). The first-order chi connectivity index (χ1) is 11.0. The summed E-state index contributed by atoms with van der Waals surface area (Å²) in [6, 6.07) is 5.92. The summed E-state index contributed by atoms with van der Waals surface area (Å²) in [6.45, 7) is 4.68. The molecular formula is C18H16N2O3. The standard InChI is InChI=1S/C18H16N2O3/c1-9-4-10(2)14-8-20-15(18(21)22)6-12-16(20)13(11(14)5-9)7-19-17(12)23-3/h4-7H,8H2,1-3H3,(H,21,22). The van der Waals surface area contributed by atoms with Crippen LogP contribution in [0.1, 0.15) is 27.2 Å². The van der Waals surface area contributed by atoms with Crippen LogP contribution in [0.15, 0.2) is 24.4 Å². The molecule has 0 atom stereocenters. The van der Waals surface area contributed by atoms with E-state index >= 15 is 0 Å². The largest absolute Gasteiger partial charge is 0.481 e. The van der Waals surface area contributed by atoms with Crippen molar-refractivity contribution >= 4 is 16.9 Å². The summed E-state index contributed by atoms with van der Waals surface area (Å²) in [7, 11) is 1.55. The van der Waals surface area contributed by atoms with Gasteiger partial charge in [-0.05, 0) is 36.6 Å². The molecule has 0 unspecified atom stereocenters. The van der Waals surface area contributed by atoms with Crippen LogP contribution in [0.5, 0.6) is 5.88 Å². The molecule has 0 aliphatic carbocycles. The van der Waals surface area contributed by atoms with Crippen molar-refractivity contribution in [3.05, 3.63) is 46.8 Å². The molecule has 0 spiro atoms. The number of hydrogen-bond acceptors (Lipinski definition) is 3. The molecule has 0 fully saturated rings. The van der Waals surface area contributed by atoms with Gasteiger partial charge in [-0.15, -0.1) is 0 Å². The molecule has 1 aromatic carbocycles. The van der Waals surface area contributed by atoms with Gasteiger partial charge < -0.3 is 14.4 Å². The molecule has 23 heavy (non-hydrogen) atoms. The highest BCUT2D eigenvalue weighted by atomic mass is 16.5. The third-order valence-corrected chi connectivity index (χ3v) is 4.53. The summed E-state index contributed by atoms with van der Waals surface area (Å²) in [5, 5.41) is 10.3. The third-order valence-electron chi connectivity index (χ3n) is 4.53. The van der Waals surface area contributed by atoms with E-state index in [4.69, 9.17) is 4.74 Å². The van der Waals surface area contributed by atoms with Gasteiger partial charge in [0.15, 0.2) is 0 Å². The van der Waals surface area contributed by atoms with E-state index in [1.54, 1.807) is 19.4 Å². The Bertz CT molecular complexity index is 986. The Labute approximate surface area is 133 Å². The maximum absolute atomic E-state index is 11.7. The van der Waals surface area contributed by atoms with Crippen LogP contribution in [0.4, 0.5) is 0 Å². The fourth-order valence-electron chi connectivity index (χ4n) is 3.56. The highest BCUT2D eigenvalue weighted by molar-refractivity contribution is 6.04. The van der Waals surface area contributed by atoms with Gasteiger partial charge in [0.25, 0.3) is 0 Å². The Morgan fingerprint density at radius 2 is 2.04 bits per heavy atom. The van der Waals surface area contributed by atoms with Gasteiger partial charge in [0.05, 0.1) is 18.0 Å². The van der Waals surface area contributed by atoms with Crippen molar-refractivity contribution in [1.82, 2.24) is 9.55 Å². The Morgan fingerprint density at radius 3 is 2.74 bits per heavy atom. The molecule has 5 nitrogen and oxygen atoms in total. The summed E-state index contributed by atoms with van der Waals surface area (Å²) in [5.74, 6) is -0.486. The molecule has 5 heteroatoms. The maximum Gasteiger partial charge on any atom is 0.352 e. The van der Waals surface area contributed by atoms with Crippen LogP contribution in [0, 0.1) is 13.8 Å². The van der Waals surface area contributed by atoms with Crippen LogP contribution in [-0.2, 0) is 6.54 Å². The zero-order chi connectivity index (χ0) is 16.3. The molecule has 116 valence electrons. The average molecular weight is 308 g/mol. The maximum atomic E-state index is 11.7. The summed E-state index contributed by atoms with van der Waals surface area (Å²) in [5.41, 5.74) is 6.73. The van der Waals surface area contributed by atoms with Crippen LogP contribution >= 0.6 is 0 Å². The zero-order valence-corrected chi connectivity index (χ0v) is 13.2. The Balaban J connectivity index is 2.17. The number of rotatable bonds is 2. The van der Waals surface area contributed by atoms with Crippen LogP contribution < -0.4 is 4.74 Å². The first-order valence-electron chi connectivity index (χ1n) is 7.41. The van der Waals surface area contributed by atoms with Crippen LogP contribution in [0.25, 0.3) is 22.0 Å². The quantitative estimate of drug-likeness (QED) is 0.616. The minimum Gasteiger partial charge on any atom is -0.481 e. The van der Waals surface area contributed by atoms with Crippen molar-refractivity contribution in [2.45, 2.75) is 20.4 Å². The number of benzene rings is 1. The lowest BCUT2D eigenvalue weighted by Crippen LogP contribution is -2.14. The topological polar surface area (TPSA) is 64.3 Å². The van der Waals surface area contributed by atoms with Crippen molar-refractivity contribution < 1.29 is 14.6 Å². The van der Waals surface area contributed by atoms with Gasteiger partial charge in [-0.2, -0.15) is 0 Å². The number of carbonyl (C=O) groups is 1. The Hall–Kier alpha value is -2.82. The summed E-state index contributed by atoms with van der Waals surface area (Å²) in [6.07, 6.45) is 1.78. The lowest BCUT2D eigenvalue weighted by molar-refractivity contribution is 0.0686. The monoisotopic (exact) mass is 308 g/mol. The summed E-state index contributed by atoms with van der Waals surface area (Å²) >= 11 is 0. The van der Waals surface area contributed by atoms with Crippen LogP contribution in [0.3, 0.4) is 0 Å². The number of methoxy groups -OCH3 is 1. The number of aryl methyl sites for hydroxylation is 2. The SMILES string of the molecule is COc1ncc2c3c1cc(C(=O)O)n3Cc1c(C)cc(C)cc1-2. The van der Waals surface area contributed by atoms with Gasteiger partial charge in [0.2, 0.25) is 5.88 Å². The Kier molecular flexibility index (Phi) is 2.75. The minimum absolute atomic E-state index is 0.262. The first kappa shape index (κ1) is 13.8. The van der Waals surface area contributed by atoms with E-state index in [-0.39, 0.29) is 5.69 Å². The number of pyridine rings is 1. The molecule has 2 aromatic heterocycles. The highest BCUT2D eigenvalue weighted by Gasteiger charge is 2.27. The summed E-state index contributed by atoms with van der Waals surface area (Å²) in [4.78, 5) is 16.0. The van der Waals surface area contributed by atoms with E-state index in [1.165, 1.54) is 11.1 Å². The van der Waals surface area contributed by atoms with Crippen molar-refractivity contribution in [3.63, 3.8) is 0 Å². The molecular weight excluding hydrogens is 292 g/mol. The number of ether oxygens (including phenoxy) is 1. The van der Waals surface area contributed by atoms with Crippen molar-refractivity contribution in [2.24, 2.45) is 0 Å². The molecule has 0 radical (unpaired) electrons. The van der Waals surface area contributed by atoms with Crippen LogP contribution in [0.2, 0.25) is 0 Å². The van der Waals surface area contributed by atoms with Crippen molar-refractivity contribution in [2.75, 3.05) is 7.11 Å². The fourth-order valence-corrected chi connectivity index (χ4v) is 3.56. The van der Waals surface area contributed by atoms with Gasteiger partial charge in [0, 0.05) is 18.3 Å². The molecule has 1 aliphatic rings. The van der Waals surface area contributed by atoms with E-state index in [0.717, 1.165) is 27.6 Å². The second-order valence-electron chi connectivity index (χ2n) is 5.97. The van der Waals surface area contributed by atoms with Gasteiger partial charge in [-0.25, -0.2) is 9.78 Å². The number of aromatic carboxylic acids is 1. The molecule has 1 N–H and O–H groups in total. The van der Waals surface area contributed by atoms with E-state index in [9.17, 15) is 9.90 Å². The van der Waals surface area contributed by atoms with Gasteiger partial charge in [-0.1, -0.05) is 17.7 Å². The van der Waals surface area contributed by atoms with E-state index < -0.39 is 5.97 Å². The number of carboxylic acids is 1. The molecule has 3 heterocycles. The zero-order valence-electron chi connectivity index (χ0n) is 13.2. The van der Waals surface area contributed by atoms with Crippen LogP contribution in [-0.4, -0.2) is 27.7 Å². The third kappa shape index (κ3) is 1.79. The molecule has 3 aromatic rings. The lowest BCUT2D eigenvalue weighted by atomic mass is 9.91. The van der Waals surface area contributed by atoms with Gasteiger partial charge in [-0.3, -0.25) is 0 Å². The second-order valence-corrected chi connectivity index (χ2v) is 5.97. The Morgan fingerprint density at radius 1 is 1.26 bits per heavy atom. The molecule has 1 aliphatic heterocycles. The van der Waals surface area contributed by atoms with E-state index in [1.807, 2.05) is 4.57 Å². The number of hydrogen-bond donors (Lipinski definition) is 1. The molecule has 0 saturated carbocycles. The smallest absolute Gasteiger partial charge is 0.352 e. The van der Waals surface area contributed by atoms with Crippen molar-refractivity contribution in [1.29, 1.82) is 0 Å². The van der Waals surface area contributed by atoms with Gasteiger partial charge in [0.1, 0.15) is 5.69 Å². The molecule has 0 saturated heterocycles. The lowest BCUT2D eigenvalue weighted by Gasteiger charge is -2.23. The first-order valence-corrected chi connectivity index (χ1v) is 7.41. The van der Waals surface area contributed by atoms with Gasteiger partial charge >= 0.3 is 5.97 Å². The normalized spacial score (nSPS) is 12.3. The predicted octanol–water partition coefficient (Wildman–Crippen LogP) is 3.39. The van der Waals surface area contributed by atoms with E-state index in [2.05, 4.69) is 31.0 Å². The number of aromatic nitrogens is 2. The molecule has 0 bridgehead atoms. The molecule has 0 amide bonds. The number of fused-ring (bicyclic) bond motifs is 2. The van der Waals surface area contributed by atoms with E-state index in [0.29, 0.717) is 12.4 Å². The van der Waals surface area contributed by atoms with Crippen molar-refractivity contribution in [3.8, 4) is 17.0 Å². The fraction of sp³-hybridized carbons (Fsp3) is 0.222. The summed E-state index contributed by atoms with van der Waals surface area (Å²) < 4.78 is 7.17. The predicted molar refractivity (Wildman–Crippen MR) is 87.3 cm³/mol.